The lowest BCUT2D eigenvalue weighted by atomic mass is 10.1. The van der Waals surface area contributed by atoms with Crippen LogP contribution in [-0.4, -0.2) is 47.1 Å². The number of carbonyl (C=O) groups excluding carboxylic acids is 3. The first kappa shape index (κ1) is 17.0. The van der Waals surface area contributed by atoms with Crippen molar-refractivity contribution in [1.29, 1.82) is 0 Å². The zero-order valence-electron chi connectivity index (χ0n) is 14.9. The maximum absolute atomic E-state index is 12.9. The van der Waals surface area contributed by atoms with Gasteiger partial charge in [-0.25, -0.2) is 0 Å². The van der Waals surface area contributed by atoms with E-state index < -0.39 is 11.7 Å². The second kappa shape index (κ2) is 6.72. The van der Waals surface area contributed by atoms with Gasteiger partial charge in [-0.1, -0.05) is 36.4 Å². The van der Waals surface area contributed by atoms with Crippen molar-refractivity contribution >= 4 is 34.2 Å². The molecule has 2 amide bonds. The highest BCUT2D eigenvalue weighted by molar-refractivity contribution is 6.45. The molecule has 4 rings (SSSR count). The number of benzene rings is 2. The summed E-state index contributed by atoms with van der Waals surface area (Å²) >= 11 is 0. The third kappa shape index (κ3) is 2.99. The number of carbonyl (C=O) groups is 3. The number of aromatic nitrogens is 1. The van der Waals surface area contributed by atoms with E-state index >= 15 is 0 Å². The van der Waals surface area contributed by atoms with Crippen molar-refractivity contribution in [3.05, 3.63) is 65.9 Å². The third-order valence-electron chi connectivity index (χ3n) is 4.89. The summed E-state index contributed by atoms with van der Waals surface area (Å²) in [5, 5.41) is 0.725. The van der Waals surface area contributed by atoms with Crippen molar-refractivity contribution in [2.75, 3.05) is 24.5 Å². The van der Waals surface area contributed by atoms with Crippen LogP contribution in [0.15, 0.2) is 54.6 Å². The number of piperazine rings is 1. The summed E-state index contributed by atoms with van der Waals surface area (Å²) in [6.07, 6.45) is 0. The Morgan fingerprint density at radius 2 is 1.67 bits per heavy atom. The molecular formula is C21H19N3O3. The van der Waals surface area contributed by atoms with E-state index in [1.165, 1.54) is 4.90 Å². The Hall–Kier alpha value is -3.41. The Balaban J connectivity index is 1.54. The highest BCUT2D eigenvalue weighted by Gasteiger charge is 2.33. The molecule has 2 aromatic carbocycles. The maximum Gasteiger partial charge on any atom is 0.295 e. The molecule has 6 heteroatoms. The highest BCUT2D eigenvalue weighted by atomic mass is 16.2. The fraction of sp³-hybridized carbons (Fsp3) is 0.190. The molecule has 1 saturated heterocycles. The molecule has 0 saturated carbocycles. The van der Waals surface area contributed by atoms with E-state index in [2.05, 4.69) is 4.98 Å². The lowest BCUT2D eigenvalue weighted by Crippen LogP contribution is -2.54. The van der Waals surface area contributed by atoms with Crippen LogP contribution in [0.2, 0.25) is 0 Å². The Kier molecular flexibility index (Phi) is 4.24. The molecule has 27 heavy (non-hydrogen) atoms. The average Bonchev–Trinajstić information content (AvgIpc) is 3.03. The molecule has 1 aliphatic rings. The minimum absolute atomic E-state index is 0.0964. The molecule has 1 aliphatic heterocycles. The maximum atomic E-state index is 12.9. The number of fused-ring (bicyclic) bond motifs is 1. The molecule has 3 aromatic rings. The Morgan fingerprint density at radius 3 is 2.41 bits per heavy atom. The van der Waals surface area contributed by atoms with Gasteiger partial charge in [0.2, 0.25) is 5.91 Å². The third-order valence-corrected chi connectivity index (χ3v) is 4.89. The zero-order valence-corrected chi connectivity index (χ0v) is 14.9. The quantitative estimate of drug-likeness (QED) is 0.575. The SMILES string of the molecule is Cc1[nH]c2ccccc2c1C(=O)C(=O)N1CCN(c2ccccc2)C(=O)C1. The predicted molar refractivity (Wildman–Crippen MR) is 103 cm³/mol. The van der Waals surface area contributed by atoms with Crippen molar-refractivity contribution in [1.82, 2.24) is 9.88 Å². The normalized spacial score (nSPS) is 14.6. The number of para-hydroxylation sites is 2. The molecule has 0 spiro atoms. The minimum atomic E-state index is -0.635. The number of Topliss-reactive ketones (excluding diaryl/α,β-unsaturated/α-hetero) is 1. The second-order valence-corrected chi connectivity index (χ2v) is 6.61. The summed E-state index contributed by atoms with van der Waals surface area (Å²) in [4.78, 5) is 44.3. The number of hydrogen-bond acceptors (Lipinski definition) is 3. The van der Waals surface area contributed by atoms with Gasteiger partial charge in [-0.2, -0.15) is 0 Å². The van der Waals surface area contributed by atoms with Gasteiger partial charge in [0.1, 0.15) is 6.54 Å². The van der Waals surface area contributed by atoms with Crippen LogP contribution in [0.4, 0.5) is 5.69 Å². The van der Waals surface area contributed by atoms with E-state index in [0.29, 0.717) is 24.3 Å². The van der Waals surface area contributed by atoms with Crippen LogP contribution in [0.1, 0.15) is 16.1 Å². The molecule has 1 aromatic heterocycles. The number of amides is 2. The van der Waals surface area contributed by atoms with Crippen LogP contribution in [-0.2, 0) is 9.59 Å². The van der Waals surface area contributed by atoms with E-state index in [1.807, 2.05) is 54.6 Å². The number of ketones is 1. The van der Waals surface area contributed by atoms with Crippen LogP contribution < -0.4 is 4.90 Å². The van der Waals surface area contributed by atoms with Crippen molar-refractivity contribution in [2.45, 2.75) is 6.92 Å². The molecule has 0 radical (unpaired) electrons. The average molecular weight is 361 g/mol. The van der Waals surface area contributed by atoms with Gasteiger partial charge in [-0.15, -0.1) is 0 Å². The van der Waals surface area contributed by atoms with Gasteiger partial charge in [0, 0.05) is 35.4 Å². The lowest BCUT2D eigenvalue weighted by molar-refractivity contribution is -0.133. The predicted octanol–water partition coefficient (Wildman–Crippen LogP) is 2.53. The van der Waals surface area contributed by atoms with E-state index in [4.69, 9.17) is 0 Å². The number of aryl methyl sites for hydroxylation is 1. The van der Waals surface area contributed by atoms with Crippen molar-refractivity contribution < 1.29 is 14.4 Å². The monoisotopic (exact) mass is 361 g/mol. The van der Waals surface area contributed by atoms with E-state index in [1.54, 1.807) is 11.8 Å². The highest BCUT2D eigenvalue weighted by Crippen LogP contribution is 2.23. The fourth-order valence-electron chi connectivity index (χ4n) is 3.55. The van der Waals surface area contributed by atoms with Crippen LogP contribution in [0.25, 0.3) is 10.9 Å². The number of nitrogens with zero attached hydrogens (tertiary/aromatic N) is 2. The summed E-state index contributed by atoms with van der Waals surface area (Å²) in [7, 11) is 0. The molecule has 136 valence electrons. The summed E-state index contributed by atoms with van der Waals surface area (Å²) in [6, 6.07) is 16.7. The van der Waals surface area contributed by atoms with Gasteiger partial charge < -0.3 is 14.8 Å². The number of rotatable bonds is 3. The molecule has 6 nitrogen and oxygen atoms in total. The van der Waals surface area contributed by atoms with E-state index in [0.717, 1.165) is 16.6 Å². The van der Waals surface area contributed by atoms with Gasteiger partial charge in [0.05, 0.1) is 5.56 Å². The van der Waals surface area contributed by atoms with Gasteiger partial charge >= 0.3 is 0 Å². The number of H-pyrrole nitrogens is 1. The van der Waals surface area contributed by atoms with Gasteiger partial charge in [-0.05, 0) is 25.1 Å². The summed E-state index contributed by atoms with van der Waals surface area (Å²) in [6.45, 7) is 2.38. The zero-order chi connectivity index (χ0) is 19.0. The molecule has 0 bridgehead atoms. The smallest absolute Gasteiger partial charge is 0.295 e. The van der Waals surface area contributed by atoms with Crippen LogP contribution in [0.5, 0.6) is 0 Å². The Labute approximate surface area is 156 Å². The summed E-state index contributed by atoms with van der Waals surface area (Å²) in [5.74, 6) is -1.40. The molecule has 0 unspecified atom stereocenters. The van der Waals surface area contributed by atoms with Crippen molar-refractivity contribution in [3.63, 3.8) is 0 Å². The summed E-state index contributed by atoms with van der Waals surface area (Å²) in [5.41, 5.74) is 2.65. The van der Waals surface area contributed by atoms with E-state index in [-0.39, 0.29) is 12.5 Å². The van der Waals surface area contributed by atoms with Gasteiger partial charge in [0.15, 0.2) is 0 Å². The molecule has 0 atom stereocenters. The second-order valence-electron chi connectivity index (χ2n) is 6.61. The Bertz CT molecular complexity index is 1040. The topological polar surface area (TPSA) is 73.5 Å². The van der Waals surface area contributed by atoms with Crippen LogP contribution in [0.3, 0.4) is 0 Å². The number of nitrogens with one attached hydrogen (secondary N) is 1. The molecule has 0 aliphatic carbocycles. The van der Waals surface area contributed by atoms with Gasteiger partial charge in [-0.3, -0.25) is 14.4 Å². The lowest BCUT2D eigenvalue weighted by Gasteiger charge is -2.34. The molecule has 2 heterocycles. The number of aromatic amines is 1. The van der Waals surface area contributed by atoms with Crippen LogP contribution >= 0.6 is 0 Å². The standard InChI is InChI=1S/C21H19N3O3/c1-14-19(16-9-5-6-10-17(16)22-14)20(26)21(27)23-11-12-24(18(25)13-23)15-7-3-2-4-8-15/h2-10,22H,11-13H2,1H3. The molecule has 1 N–H and O–H groups in total. The Morgan fingerprint density at radius 1 is 0.963 bits per heavy atom. The van der Waals surface area contributed by atoms with Crippen molar-refractivity contribution in [3.8, 4) is 0 Å². The fourth-order valence-corrected chi connectivity index (χ4v) is 3.55. The number of anilines is 1. The van der Waals surface area contributed by atoms with E-state index in [9.17, 15) is 14.4 Å². The first-order valence-corrected chi connectivity index (χ1v) is 8.82. The summed E-state index contributed by atoms with van der Waals surface area (Å²) < 4.78 is 0. The minimum Gasteiger partial charge on any atom is -0.358 e. The van der Waals surface area contributed by atoms with Crippen LogP contribution in [0, 0.1) is 6.92 Å². The van der Waals surface area contributed by atoms with Gasteiger partial charge in [0.25, 0.3) is 11.7 Å². The first-order chi connectivity index (χ1) is 13.1. The number of hydrogen-bond donors (Lipinski definition) is 1. The first-order valence-electron chi connectivity index (χ1n) is 8.82. The molecule has 1 fully saturated rings. The molecular weight excluding hydrogens is 342 g/mol. The largest absolute Gasteiger partial charge is 0.358 e. The van der Waals surface area contributed by atoms with Crippen molar-refractivity contribution in [2.24, 2.45) is 0 Å².